The maximum absolute atomic E-state index is 13.4. The zero-order valence-electron chi connectivity index (χ0n) is 18.7. The van der Waals surface area contributed by atoms with E-state index in [1.165, 1.54) is 36.2 Å². The summed E-state index contributed by atoms with van der Waals surface area (Å²) in [6.45, 7) is 1.08. The third-order valence-electron chi connectivity index (χ3n) is 5.39. The highest BCUT2D eigenvalue weighted by Crippen LogP contribution is 2.28. The van der Waals surface area contributed by atoms with Crippen LogP contribution in [0.25, 0.3) is 10.8 Å². The third kappa shape index (κ3) is 5.67. The van der Waals surface area contributed by atoms with Crippen molar-refractivity contribution in [2.45, 2.75) is 19.5 Å². The predicted molar refractivity (Wildman–Crippen MR) is 127 cm³/mol. The Morgan fingerprint density at radius 3 is 2.27 bits per heavy atom. The lowest BCUT2D eigenvalue weighted by Gasteiger charge is -2.31. The van der Waals surface area contributed by atoms with Crippen LogP contribution >= 0.6 is 0 Å². The zero-order valence-corrected chi connectivity index (χ0v) is 19.5. The molecule has 0 saturated carbocycles. The number of amides is 2. The summed E-state index contributed by atoms with van der Waals surface area (Å²) in [4.78, 5) is 27.0. The van der Waals surface area contributed by atoms with Gasteiger partial charge in [-0.25, -0.2) is 12.8 Å². The van der Waals surface area contributed by atoms with Gasteiger partial charge in [-0.3, -0.25) is 13.9 Å². The molecule has 174 valence electrons. The molecule has 0 aliphatic heterocycles. The lowest BCUT2D eigenvalue weighted by atomic mass is 10.1. The van der Waals surface area contributed by atoms with E-state index < -0.39 is 40.2 Å². The van der Waals surface area contributed by atoms with Gasteiger partial charge in [0.1, 0.15) is 18.4 Å². The van der Waals surface area contributed by atoms with E-state index in [2.05, 4.69) is 5.32 Å². The summed E-state index contributed by atoms with van der Waals surface area (Å²) in [5.74, 6) is -1.38. The fraction of sp³-hybridized carbons (Fsp3) is 0.250. The molecule has 3 aromatic rings. The second kappa shape index (κ2) is 9.99. The zero-order chi connectivity index (χ0) is 24.2. The minimum absolute atomic E-state index is 0.0147. The molecule has 33 heavy (non-hydrogen) atoms. The van der Waals surface area contributed by atoms with Crippen LogP contribution in [-0.2, 0) is 26.2 Å². The number of hydrogen-bond acceptors (Lipinski definition) is 4. The number of hydrogen-bond donors (Lipinski definition) is 1. The second-order valence-corrected chi connectivity index (χ2v) is 9.61. The van der Waals surface area contributed by atoms with Crippen LogP contribution in [0.4, 0.5) is 10.1 Å². The van der Waals surface area contributed by atoms with Gasteiger partial charge in [0.25, 0.3) is 0 Å². The molecule has 0 heterocycles. The Labute approximate surface area is 192 Å². The normalized spacial score (nSPS) is 12.2. The number of likely N-dealkylation sites (N-methyl/N-ethyl adjacent to an activating group) is 1. The molecule has 0 unspecified atom stereocenters. The van der Waals surface area contributed by atoms with E-state index in [0.29, 0.717) is 16.6 Å². The average Bonchev–Trinajstić information content (AvgIpc) is 2.80. The van der Waals surface area contributed by atoms with E-state index in [-0.39, 0.29) is 6.54 Å². The van der Waals surface area contributed by atoms with Crippen molar-refractivity contribution in [1.29, 1.82) is 0 Å². The van der Waals surface area contributed by atoms with Crippen molar-refractivity contribution in [2.75, 3.05) is 24.2 Å². The molecule has 2 amide bonds. The Hall–Kier alpha value is -3.46. The number of anilines is 1. The number of nitrogens with zero attached hydrogens (tertiary/aromatic N) is 2. The molecule has 3 aromatic carbocycles. The first kappa shape index (κ1) is 24.2. The van der Waals surface area contributed by atoms with E-state index in [4.69, 9.17) is 0 Å². The number of sulfonamides is 1. The first-order chi connectivity index (χ1) is 15.6. The van der Waals surface area contributed by atoms with E-state index in [9.17, 15) is 22.4 Å². The highest BCUT2D eigenvalue weighted by Gasteiger charge is 2.30. The fourth-order valence-electron chi connectivity index (χ4n) is 3.60. The Morgan fingerprint density at radius 1 is 1.00 bits per heavy atom. The smallest absolute Gasteiger partial charge is 0.244 e. The molecule has 9 heteroatoms. The summed E-state index contributed by atoms with van der Waals surface area (Å²) in [7, 11) is -2.38. The lowest BCUT2D eigenvalue weighted by Crippen LogP contribution is -2.50. The van der Waals surface area contributed by atoms with Gasteiger partial charge in [-0.15, -0.1) is 0 Å². The summed E-state index contributed by atoms with van der Waals surface area (Å²) in [6.07, 6.45) is 1.04. The van der Waals surface area contributed by atoms with Crippen LogP contribution in [-0.4, -0.2) is 51.0 Å². The summed E-state index contributed by atoms with van der Waals surface area (Å²) >= 11 is 0. The minimum Gasteiger partial charge on any atom is -0.357 e. The predicted octanol–water partition coefficient (Wildman–Crippen LogP) is 2.91. The van der Waals surface area contributed by atoms with Gasteiger partial charge < -0.3 is 10.2 Å². The second-order valence-electron chi connectivity index (χ2n) is 7.71. The molecular formula is C24H26FN3O4S. The fourth-order valence-corrected chi connectivity index (χ4v) is 4.46. The molecule has 1 N–H and O–H groups in total. The van der Waals surface area contributed by atoms with Crippen molar-refractivity contribution >= 4 is 38.3 Å². The number of nitrogens with one attached hydrogen (secondary N) is 1. The van der Waals surface area contributed by atoms with E-state index in [1.807, 2.05) is 18.2 Å². The van der Waals surface area contributed by atoms with Crippen molar-refractivity contribution in [3.05, 3.63) is 78.1 Å². The van der Waals surface area contributed by atoms with Crippen LogP contribution in [0, 0.1) is 5.82 Å². The van der Waals surface area contributed by atoms with Gasteiger partial charge in [-0.1, -0.05) is 48.5 Å². The van der Waals surface area contributed by atoms with Gasteiger partial charge in [-0.2, -0.15) is 0 Å². The van der Waals surface area contributed by atoms with Crippen molar-refractivity contribution in [2.24, 2.45) is 0 Å². The Bertz CT molecular complexity index is 1260. The molecule has 7 nitrogen and oxygen atoms in total. The molecule has 0 radical (unpaired) electrons. The number of carbonyl (C=O) groups excluding carboxylic acids is 2. The molecule has 3 rings (SSSR count). The summed E-state index contributed by atoms with van der Waals surface area (Å²) in [5, 5.41) is 4.02. The highest BCUT2D eigenvalue weighted by atomic mass is 32.2. The molecule has 0 saturated heterocycles. The van der Waals surface area contributed by atoms with Crippen LogP contribution < -0.4 is 9.62 Å². The van der Waals surface area contributed by atoms with Gasteiger partial charge in [0.05, 0.1) is 11.9 Å². The Balaban J connectivity index is 1.99. The lowest BCUT2D eigenvalue weighted by molar-refractivity contribution is -0.139. The van der Waals surface area contributed by atoms with Crippen LogP contribution in [0.15, 0.2) is 66.7 Å². The van der Waals surface area contributed by atoms with Crippen LogP contribution in [0.1, 0.15) is 12.5 Å². The number of carbonyl (C=O) groups is 2. The van der Waals surface area contributed by atoms with Gasteiger partial charge in [-0.05, 0) is 36.1 Å². The topological polar surface area (TPSA) is 86.8 Å². The maximum atomic E-state index is 13.4. The molecule has 0 fully saturated rings. The average molecular weight is 472 g/mol. The van der Waals surface area contributed by atoms with Crippen molar-refractivity contribution in [1.82, 2.24) is 10.2 Å². The highest BCUT2D eigenvalue weighted by molar-refractivity contribution is 7.92. The Morgan fingerprint density at radius 2 is 1.64 bits per heavy atom. The molecule has 0 aromatic heterocycles. The quantitative estimate of drug-likeness (QED) is 0.547. The number of halogens is 1. The standard InChI is InChI=1S/C24H26FN3O4S/c1-17(24(30)26-2)27(15-18-11-13-20(25)14-12-18)23(29)16-28(33(3,31)32)22-10-6-8-19-7-4-5-9-21(19)22/h4-14,17H,15-16H2,1-3H3,(H,26,30)/t17-/m1/s1. The number of benzene rings is 3. The van der Waals surface area contributed by atoms with Crippen molar-refractivity contribution in [3.63, 3.8) is 0 Å². The van der Waals surface area contributed by atoms with Crippen LogP contribution in [0.2, 0.25) is 0 Å². The summed E-state index contributed by atoms with van der Waals surface area (Å²) < 4.78 is 39.8. The maximum Gasteiger partial charge on any atom is 0.244 e. The van der Waals surface area contributed by atoms with E-state index in [0.717, 1.165) is 15.9 Å². The van der Waals surface area contributed by atoms with Gasteiger partial charge in [0.2, 0.25) is 21.8 Å². The molecule has 1 atom stereocenters. The van der Waals surface area contributed by atoms with Crippen LogP contribution in [0.5, 0.6) is 0 Å². The molecular weight excluding hydrogens is 445 g/mol. The first-order valence-corrected chi connectivity index (χ1v) is 12.2. The SMILES string of the molecule is CNC(=O)[C@@H](C)N(Cc1ccc(F)cc1)C(=O)CN(c1cccc2ccccc12)S(C)(=O)=O. The molecule has 0 aliphatic carbocycles. The number of fused-ring (bicyclic) bond motifs is 1. The van der Waals surface area contributed by atoms with Gasteiger partial charge >= 0.3 is 0 Å². The first-order valence-electron chi connectivity index (χ1n) is 10.3. The number of rotatable bonds is 8. The van der Waals surface area contributed by atoms with E-state index >= 15 is 0 Å². The molecule has 0 bridgehead atoms. The third-order valence-corrected chi connectivity index (χ3v) is 6.52. The van der Waals surface area contributed by atoms with Crippen molar-refractivity contribution < 1.29 is 22.4 Å². The molecule has 0 spiro atoms. The van der Waals surface area contributed by atoms with Gasteiger partial charge in [0.15, 0.2) is 0 Å². The van der Waals surface area contributed by atoms with E-state index in [1.54, 1.807) is 31.2 Å². The summed E-state index contributed by atoms with van der Waals surface area (Å²) in [6, 6.07) is 17.2. The monoisotopic (exact) mass is 471 g/mol. The summed E-state index contributed by atoms with van der Waals surface area (Å²) in [5.41, 5.74) is 0.981. The van der Waals surface area contributed by atoms with Crippen LogP contribution in [0.3, 0.4) is 0 Å². The molecule has 0 aliphatic rings. The van der Waals surface area contributed by atoms with Gasteiger partial charge in [0, 0.05) is 19.0 Å². The van der Waals surface area contributed by atoms with Crippen molar-refractivity contribution in [3.8, 4) is 0 Å². The minimum atomic E-state index is -3.83. The Kier molecular flexibility index (Phi) is 7.33. The largest absolute Gasteiger partial charge is 0.357 e.